The van der Waals surface area contributed by atoms with Crippen molar-refractivity contribution in [1.29, 1.82) is 0 Å². The molecule has 5 rings (SSSR count). The van der Waals surface area contributed by atoms with Crippen LogP contribution in [0.3, 0.4) is 0 Å². The quantitative estimate of drug-likeness (QED) is 0.411. The predicted octanol–water partition coefficient (Wildman–Crippen LogP) is 5.47. The Hall–Kier alpha value is -3.67. The number of rotatable bonds is 5. The Bertz CT molecular complexity index is 1250. The van der Waals surface area contributed by atoms with Gasteiger partial charge in [0, 0.05) is 24.7 Å². The van der Waals surface area contributed by atoms with E-state index in [1.165, 1.54) is 6.07 Å². The first kappa shape index (κ1) is 21.2. The molecule has 2 heterocycles. The summed E-state index contributed by atoms with van der Waals surface area (Å²) in [6.07, 6.45) is 0.990. The van der Waals surface area contributed by atoms with Crippen LogP contribution in [0, 0.1) is 5.82 Å². The number of carbonyl (C=O) groups excluding carboxylic acids is 1. The first-order chi connectivity index (χ1) is 16.1. The zero-order chi connectivity index (χ0) is 22.8. The highest BCUT2D eigenvalue weighted by molar-refractivity contribution is 5.82. The third-order valence-electron chi connectivity index (χ3n) is 6.23. The Morgan fingerprint density at radius 3 is 2.36 bits per heavy atom. The molecule has 4 aromatic rings. The van der Waals surface area contributed by atoms with Crippen molar-refractivity contribution >= 4 is 16.9 Å². The smallest absolute Gasteiger partial charge is 0.263 e. The van der Waals surface area contributed by atoms with Gasteiger partial charge in [-0.05, 0) is 50.1 Å². The van der Waals surface area contributed by atoms with Crippen LogP contribution in [-0.2, 0) is 4.79 Å². The van der Waals surface area contributed by atoms with Crippen molar-refractivity contribution in [2.45, 2.75) is 31.9 Å². The van der Waals surface area contributed by atoms with Crippen molar-refractivity contribution in [3.63, 3.8) is 0 Å². The molecule has 1 aliphatic rings. The van der Waals surface area contributed by atoms with Crippen LogP contribution in [0.15, 0.2) is 78.9 Å². The van der Waals surface area contributed by atoms with E-state index < -0.39 is 6.10 Å². The lowest BCUT2D eigenvalue weighted by molar-refractivity contribution is -0.139. The minimum Gasteiger partial charge on any atom is -0.481 e. The maximum Gasteiger partial charge on any atom is 0.263 e. The highest BCUT2D eigenvalue weighted by atomic mass is 19.1. The Kier molecular flexibility index (Phi) is 5.82. The Morgan fingerprint density at radius 1 is 1.00 bits per heavy atom. The number of ether oxygens (including phenoxy) is 1. The summed E-state index contributed by atoms with van der Waals surface area (Å²) in [6.45, 7) is 3.03. The molecule has 168 valence electrons. The average Bonchev–Trinajstić information content (AvgIpc) is 3.23. The molecule has 1 aliphatic heterocycles. The van der Waals surface area contributed by atoms with E-state index in [-0.39, 0.29) is 17.8 Å². The van der Waals surface area contributed by atoms with Gasteiger partial charge in [-0.1, -0.05) is 48.5 Å². The van der Waals surface area contributed by atoms with E-state index in [1.54, 1.807) is 19.1 Å². The Labute approximate surface area is 192 Å². The molecule has 33 heavy (non-hydrogen) atoms. The van der Waals surface area contributed by atoms with Gasteiger partial charge in [-0.25, -0.2) is 9.37 Å². The standard InChI is InChI=1S/C27H26FN3O2/c1-19(33-23-10-6-3-7-11-23)27(32)30-16-14-22(15-17-30)31-25-18-21(28)12-13-24(25)29-26(31)20-8-4-2-5-9-20/h2-13,18-19,22H,14-17H2,1H3/t19-/m0/s1. The van der Waals surface area contributed by atoms with Gasteiger partial charge in [0.05, 0.1) is 11.0 Å². The van der Waals surface area contributed by atoms with Gasteiger partial charge in [0.2, 0.25) is 0 Å². The van der Waals surface area contributed by atoms with Crippen molar-refractivity contribution in [3.8, 4) is 17.1 Å². The van der Waals surface area contributed by atoms with E-state index in [9.17, 15) is 9.18 Å². The summed E-state index contributed by atoms with van der Waals surface area (Å²) in [4.78, 5) is 19.7. The van der Waals surface area contributed by atoms with E-state index in [0.717, 1.165) is 35.3 Å². The molecule has 1 aromatic heterocycles. The number of para-hydroxylation sites is 1. The van der Waals surface area contributed by atoms with Crippen LogP contribution < -0.4 is 4.74 Å². The zero-order valence-corrected chi connectivity index (χ0v) is 18.5. The van der Waals surface area contributed by atoms with Crippen LogP contribution in [0.5, 0.6) is 5.75 Å². The predicted molar refractivity (Wildman–Crippen MR) is 127 cm³/mol. The molecule has 0 saturated carbocycles. The summed E-state index contributed by atoms with van der Waals surface area (Å²) in [6, 6.07) is 24.2. The fourth-order valence-electron chi connectivity index (χ4n) is 4.58. The summed E-state index contributed by atoms with van der Waals surface area (Å²) in [5, 5.41) is 0. The largest absolute Gasteiger partial charge is 0.481 e. The molecule has 1 saturated heterocycles. The number of amides is 1. The number of carbonyl (C=O) groups is 1. The minimum atomic E-state index is -0.549. The van der Waals surface area contributed by atoms with Crippen LogP contribution in [0.1, 0.15) is 25.8 Å². The van der Waals surface area contributed by atoms with Crippen molar-refractivity contribution in [2.75, 3.05) is 13.1 Å². The number of likely N-dealkylation sites (tertiary alicyclic amines) is 1. The second-order valence-electron chi connectivity index (χ2n) is 8.43. The molecule has 0 N–H and O–H groups in total. The number of hydrogen-bond acceptors (Lipinski definition) is 3. The highest BCUT2D eigenvalue weighted by Crippen LogP contribution is 2.34. The van der Waals surface area contributed by atoms with Crippen molar-refractivity contribution in [2.24, 2.45) is 0 Å². The lowest BCUT2D eigenvalue weighted by Crippen LogP contribution is -2.45. The fourth-order valence-corrected chi connectivity index (χ4v) is 4.58. The van der Waals surface area contributed by atoms with Gasteiger partial charge < -0.3 is 14.2 Å². The molecule has 0 aliphatic carbocycles. The van der Waals surface area contributed by atoms with Crippen LogP contribution >= 0.6 is 0 Å². The van der Waals surface area contributed by atoms with Gasteiger partial charge in [-0.15, -0.1) is 0 Å². The van der Waals surface area contributed by atoms with Crippen molar-refractivity contribution < 1.29 is 13.9 Å². The third-order valence-corrected chi connectivity index (χ3v) is 6.23. The number of halogens is 1. The van der Waals surface area contributed by atoms with E-state index >= 15 is 0 Å². The summed E-state index contributed by atoms with van der Waals surface area (Å²) >= 11 is 0. The summed E-state index contributed by atoms with van der Waals surface area (Å²) < 4.78 is 22.1. The van der Waals surface area contributed by atoms with E-state index in [2.05, 4.69) is 4.57 Å². The minimum absolute atomic E-state index is 0.0119. The number of fused-ring (bicyclic) bond motifs is 1. The second-order valence-corrected chi connectivity index (χ2v) is 8.43. The second kappa shape index (κ2) is 9.06. The lowest BCUT2D eigenvalue weighted by Gasteiger charge is -2.35. The van der Waals surface area contributed by atoms with Gasteiger partial charge in [0.15, 0.2) is 6.10 Å². The number of benzene rings is 3. The van der Waals surface area contributed by atoms with Gasteiger partial charge in [0.25, 0.3) is 5.91 Å². The molecule has 0 unspecified atom stereocenters. The molecular weight excluding hydrogens is 417 g/mol. The Balaban J connectivity index is 1.36. The molecule has 0 bridgehead atoms. The molecule has 0 radical (unpaired) electrons. The van der Waals surface area contributed by atoms with E-state index in [4.69, 9.17) is 9.72 Å². The molecular formula is C27H26FN3O2. The Morgan fingerprint density at radius 2 is 1.67 bits per heavy atom. The lowest BCUT2D eigenvalue weighted by atomic mass is 10.0. The van der Waals surface area contributed by atoms with Crippen molar-refractivity contribution in [1.82, 2.24) is 14.5 Å². The van der Waals surface area contributed by atoms with Crippen LogP contribution in [0.25, 0.3) is 22.4 Å². The number of piperidine rings is 1. The number of aromatic nitrogens is 2. The van der Waals surface area contributed by atoms with Crippen LogP contribution in [0.4, 0.5) is 4.39 Å². The van der Waals surface area contributed by atoms with Crippen LogP contribution in [0.2, 0.25) is 0 Å². The van der Waals surface area contributed by atoms with Crippen molar-refractivity contribution in [3.05, 3.63) is 84.7 Å². The average molecular weight is 444 g/mol. The summed E-state index contributed by atoms with van der Waals surface area (Å²) in [7, 11) is 0. The third kappa shape index (κ3) is 4.33. The van der Waals surface area contributed by atoms with Crippen LogP contribution in [-0.4, -0.2) is 39.6 Å². The molecule has 1 fully saturated rings. The van der Waals surface area contributed by atoms with Gasteiger partial charge in [0.1, 0.15) is 17.4 Å². The molecule has 6 heteroatoms. The van der Waals surface area contributed by atoms with E-state index in [1.807, 2.05) is 65.6 Å². The topological polar surface area (TPSA) is 47.4 Å². The summed E-state index contributed by atoms with van der Waals surface area (Å²) in [5.41, 5.74) is 2.57. The first-order valence-corrected chi connectivity index (χ1v) is 11.3. The molecule has 5 nitrogen and oxygen atoms in total. The molecule has 1 amide bonds. The molecule has 3 aromatic carbocycles. The maximum atomic E-state index is 14.1. The molecule has 0 spiro atoms. The fraction of sp³-hybridized carbons (Fsp3) is 0.259. The normalized spacial score (nSPS) is 15.5. The number of imidazole rings is 1. The monoisotopic (exact) mass is 443 g/mol. The van der Waals surface area contributed by atoms with Gasteiger partial charge in [-0.2, -0.15) is 0 Å². The maximum absolute atomic E-state index is 14.1. The summed E-state index contributed by atoms with van der Waals surface area (Å²) in [5.74, 6) is 1.24. The van der Waals surface area contributed by atoms with E-state index in [0.29, 0.717) is 18.8 Å². The highest BCUT2D eigenvalue weighted by Gasteiger charge is 2.30. The zero-order valence-electron chi connectivity index (χ0n) is 18.5. The van der Waals surface area contributed by atoms with Gasteiger partial charge in [-0.3, -0.25) is 4.79 Å². The first-order valence-electron chi connectivity index (χ1n) is 11.3. The SMILES string of the molecule is C[C@H](Oc1ccccc1)C(=O)N1CCC(n2c(-c3ccccc3)nc3ccc(F)cc32)CC1. The van der Waals surface area contributed by atoms with Gasteiger partial charge >= 0.3 is 0 Å². The number of hydrogen-bond donors (Lipinski definition) is 0. The number of nitrogens with zero attached hydrogens (tertiary/aromatic N) is 3. The molecule has 1 atom stereocenters.